The first-order valence-corrected chi connectivity index (χ1v) is 4.83. The van der Waals surface area contributed by atoms with Crippen LogP contribution in [0.15, 0.2) is 18.2 Å². The summed E-state index contributed by atoms with van der Waals surface area (Å²) < 4.78 is 13.7. The Morgan fingerprint density at radius 3 is 2.86 bits per heavy atom. The lowest BCUT2D eigenvalue weighted by Gasteiger charge is -1.97. The van der Waals surface area contributed by atoms with Gasteiger partial charge in [-0.1, -0.05) is 6.07 Å². The van der Waals surface area contributed by atoms with E-state index >= 15 is 0 Å². The van der Waals surface area contributed by atoms with Gasteiger partial charge in [-0.3, -0.25) is 0 Å². The molecule has 0 amide bonds. The first kappa shape index (κ1) is 9.15. The lowest BCUT2D eigenvalue weighted by atomic mass is 10.1. The van der Waals surface area contributed by atoms with Crippen LogP contribution in [0.4, 0.5) is 4.39 Å². The topological polar surface area (TPSA) is 37.3 Å². The van der Waals surface area contributed by atoms with Crippen LogP contribution < -0.4 is 0 Å². The predicted octanol–water partition coefficient (Wildman–Crippen LogP) is 3.05. The summed E-state index contributed by atoms with van der Waals surface area (Å²) >= 11 is 1.30. The van der Waals surface area contributed by atoms with Crippen molar-refractivity contribution in [1.29, 1.82) is 0 Å². The summed E-state index contributed by atoms with van der Waals surface area (Å²) in [5.41, 5.74) is -0.222. The molecule has 0 bridgehead atoms. The minimum Gasteiger partial charge on any atom is -0.478 e. The highest BCUT2D eigenvalue weighted by Crippen LogP contribution is 2.29. The van der Waals surface area contributed by atoms with Crippen LogP contribution in [0, 0.1) is 12.7 Å². The zero-order chi connectivity index (χ0) is 10.3. The van der Waals surface area contributed by atoms with Gasteiger partial charge in [-0.2, -0.15) is 0 Å². The highest BCUT2D eigenvalue weighted by Gasteiger charge is 2.16. The molecule has 1 aromatic carbocycles. The molecule has 2 rings (SSSR count). The molecule has 1 N–H and O–H groups in total. The normalized spacial score (nSPS) is 10.7. The molecule has 0 spiro atoms. The quantitative estimate of drug-likeness (QED) is 0.785. The zero-order valence-corrected chi connectivity index (χ0v) is 8.19. The molecule has 2 nitrogen and oxygen atoms in total. The summed E-state index contributed by atoms with van der Waals surface area (Å²) in [7, 11) is 0. The molecule has 1 heterocycles. The van der Waals surface area contributed by atoms with Gasteiger partial charge in [0.1, 0.15) is 11.4 Å². The highest BCUT2D eigenvalue weighted by molar-refractivity contribution is 7.19. The maximum atomic E-state index is 13.2. The van der Waals surface area contributed by atoms with E-state index in [1.54, 1.807) is 6.07 Å². The number of aryl methyl sites for hydroxylation is 1. The van der Waals surface area contributed by atoms with Crippen molar-refractivity contribution in [3.8, 4) is 0 Å². The van der Waals surface area contributed by atoms with E-state index in [-0.39, 0.29) is 5.56 Å². The summed E-state index contributed by atoms with van der Waals surface area (Å²) in [6.45, 7) is 1.87. The Kier molecular flexibility index (Phi) is 2.00. The molecule has 0 atom stereocenters. The fourth-order valence-electron chi connectivity index (χ4n) is 1.41. The Labute approximate surface area is 83.6 Å². The molecule has 0 saturated heterocycles. The van der Waals surface area contributed by atoms with E-state index in [2.05, 4.69) is 0 Å². The molecular weight excluding hydrogens is 203 g/mol. The minimum atomic E-state index is -1.21. The van der Waals surface area contributed by atoms with Crippen LogP contribution in [-0.2, 0) is 0 Å². The number of carboxylic acid groups (broad SMARTS) is 1. The van der Waals surface area contributed by atoms with Crippen molar-refractivity contribution in [2.75, 3.05) is 0 Å². The molecule has 0 fully saturated rings. The molecule has 0 aliphatic carbocycles. The highest BCUT2D eigenvalue weighted by atomic mass is 32.1. The van der Waals surface area contributed by atoms with E-state index in [1.807, 2.05) is 13.0 Å². The van der Waals surface area contributed by atoms with E-state index in [0.29, 0.717) is 4.70 Å². The van der Waals surface area contributed by atoms with Gasteiger partial charge in [-0.25, -0.2) is 9.18 Å². The van der Waals surface area contributed by atoms with Crippen molar-refractivity contribution in [2.45, 2.75) is 6.92 Å². The third kappa shape index (κ3) is 1.28. The zero-order valence-electron chi connectivity index (χ0n) is 7.37. The molecule has 2 aromatic rings. The molecular formula is C10H7FO2S. The first-order valence-electron chi connectivity index (χ1n) is 4.01. The van der Waals surface area contributed by atoms with Crippen LogP contribution in [0.2, 0.25) is 0 Å². The van der Waals surface area contributed by atoms with E-state index < -0.39 is 11.8 Å². The van der Waals surface area contributed by atoms with Crippen molar-refractivity contribution in [3.63, 3.8) is 0 Å². The summed E-state index contributed by atoms with van der Waals surface area (Å²) in [6, 6.07) is 4.64. The van der Waals surface area contributed by atoms with Gasteiger partial charge >= 0.3 is 5.97 Å². The Balaban J connectivity index is 2.88. The fraction of sp³-hybridized carbons (Fsp3) is 0.100. The number of rotatable bonds is 1. The lowest BCUT2D eigenvalue weighted by molar-refractivity contribution is 0.0694. The van der Waals surface area contributed by atoms with Crippen molar-refractivity contribution < 1.29 is 14.3 Å². The SMILES string of the molecule is Cc1cc2ccc(F)c(C(=O)O)c2s1. The Bertz CT molecular complexity index is 516. The summed E-state index contributed by atoms with van der Waals surface area (Å²) in [5, 5.41) is 9.62. The number of carboxylic acids is 1. The van der Waals surface area contributed by atoms with Gasteiger partial charge in [0, 0.05) is 4.88 Å². The molecule has 4 heteroatoms. The summed E-state index contributed by atoms with van der Waals surface area (Å²) in [5.74, 6) is -1.89. The average molecular weight is 210 g/mol. The van der Waals surface area contributed by atoms with Gasteiger partial charge in [0.05, 0.1) is 4.70 Å². The number of aromatic carboxylic acids is 1. The van der Waals surface area contributed by atoms with E-state index in [9.17, 15) is 9.18 Å². The van der Waals surface area contributed by atoms with Crippen LogP contribution in [0.25, 0.3) is 10.1 Å². The van der Waals surface area contributed by atoms with Gasteiger partial charge in [-0.15, -0.1) is 11.3 Å². The Hall–Kier alpha value is -1.42. The molecule has 0 aliphatic heterocycles. The lowest BCUT2D eigenvalue weighted by Crippen LogP contribution is -1.99. The molecule has 0 aliphatic rings. The van der Waals surface area contributed by atoms with Crippen molar-refractivity contribution in [3.05, 3.63) is 34.5 Å². The predicted molar refractivity (Wildman–Crippen MR) is 53.5 cm³/mol. The number of hydrogen-bond acceptors (Lipinski definition) is 2. The van der Waals surface area contributed by atoms with Crippen molar-refractivity contribution in [2.24, 2.45) is 0 Å². The number of benzene rings is 1. The third-order valence-electron chi connectivity index (χ3n) is 1.97. The number of fused-ring (bicyclic) bond motifs is 1. The van der Waals surface area contributed by atoms with Gasteiger partial charge in [0.25, 0.3) is 0 Å². The standard InChI is InChI=1S/C10H7FO2S/c1-5-4-6-2-3-7(11)8(10(12)13)9(6)14-5/h2-4H,1H3,(H,12,13). The Morgan fingerprint density at radius 2 is 2.21 bits per heavy atom. The molecule has 0 radical (unpaired) electrons. The van der Waals surface area contributed by atoms with E-state index in [4.69, 9.17) is 5.11 Å². The van der Waals surface area contributed by atoms with Gasteiger partial charge < -0.3 is 5.11 Å². The number of hydrogen-bond donors (Lipinski definition) is 1. The third-order valence-corrected chi connectivity index (χ3v) is 3.06. The van der Waals surface area contributed by atoms with Crippen molar-refractivity contribution >= 4 is 27.4 Å². The molecule has 14 heavy (non-hydrogen) atoms. The first-order chi connectivity index (χ1) is 6.59. The average Bonchev–Trinajstić information content (AvgIpc) is 2.43. The van der Waals surface area contributed by atoms with Gasteiger partial charge in [-0.05, 0) is 24.4 Å². The van der Waals surface area contributed by atoms with Gasteiger partial charge in [0.15, 0.2) is 0 Å². The second-order valence-electron chi connectivity index (χ2n) is 3.00. The second-order valence-corrected chi connectivity index (χ2v) is 4.26. The second kappa shape index (κ2) is 3.06. The number of carbonyl (C=O) groups is 1. The molecule has 0 unspecified atom stereocenters. The van der Waals surface area contributed by atoms with Gasteiger partial charge in [0.2, 0.25) is 0 Å². The summed E-state index contributed by atoms with van der Waals surface area (Å²) in [4.78, 5) is 11.8. The molecule has 1 aromatic heterocycles. The van der Waals surface area contributed by atoms with Crippen LogP contribution in [0.5, 0.6) is 0 Å². The smallest absolute Gasteiger partial charge is 0.340 e. The number of thiophene rings is 1. The fourth-order valence-corrected chi connectivity index (χ4v) is 2.45. The van der Waals surface area contributed by atoms with Crippen LogP contribution >= 0.6 is 11.3 Å². The van der Waals surface area contributed by atoms with E-state index in [0.717, 1.165) is 10.3 Å². The van der Waals surface area contributed by atoms with E-state index in [1.165, 1.54) is 17.4 Å². The maximum absolute atomic E-state index is 13.2. The minimum absolute atomic E-state index is 0.222. The molecule has 72 valence electrons. The van der Waals surface area contributed by atoms with Crippen LogP contribution in [0.1, 0.15) is 15.2 Å². The maximum Gasteiger partial charge on any atom is 0.340 e. The van der Waals surface area contributed by atoms with Crippen LogP contribution in [0.3, 0.4) is 0 Å². The number of halogens is 1. The largest absolute Gasteiger partial charge is 0.478 e. The monoisotopic (exact) mass is 210 g/mol. The molecule has 0 saturated carbocycles. The van der Waals surface area contributed by atoms with Crippen LogP contribution in [-0.4, -0.2) is 11.1 Å². The Morgan fingerprint density at radius 1 is 1.50 bits per heavy atom. The summed E-state index contributed by atoms with van der Waals surface area (Å²) in [6.07, 6.45) is 0. The van der Waals surface area contributed by atoms with Crippen molar-refractivity contribution in [1.82, 2.24) is 0 Å².